The number of benzene rings is 3. The van der Waals surface area contributed by atoms with E-state index >= 15 is 0 Å². The topological polar surface area (TPSA) is 61.4 Å². The van der Waals surface area contributed by atoms with Crippen LogP contribution >= 0.6 is 0 Å². The van der Waals surface area contributed by atoms with Crippen molar-refractivity contribution in [3.8, 4) is 5.75 Å². The van der Waals surface area contributed by atoms with Crippen LogP contribution in [0.4, 0.5) is 11.4 Å². The second kappa shape index (κ2) is 7.38. The van der Waals surface area contributed by atoms with E-state index in [0.29, 0.717) is 6.42 Å². The van der Waals surface area contributed by atoms with Crippen molar-refractivity contribution in [2.24, 2.45) is 0 Å². The number of aromatic hydroxyl groups is 1. The number of ketones is 1. The third-order valence-corrected chi connectivity index (χ3v) is 6.05. The number of allylic oxidation sites excluding steroid dienone is 1. The van der Waals surface area contributed by atoms with Crippen LogP contribution in [-0.2, 0) is 4.79 Å². The van der Waals surface area contributed by atoms with E-state index in [1.54, 1.807) is 12.1 Å². The van der Waals surface area contributed by atoms with Gasteiger partial charge in [-0.3, -0.25) is 4.79 Å². The number of Topliss-reactive ketones (excluding diaryl/α,β-unsaturated/α-hetero) is 1. The summed E-state index contributed by atoms with van der Waals surface area (Å²) in [7, 11) is 0. The Labute approximate surface area is 176 Å². The summed E-state index contributed by atoms with van der Waals surface area (Å²) in [5.41, 5.74) is 7.04. The van der Waals surface area contributed by atoms with Crippen LogP contribution in [0, 0.1) is 6.92 Å². The van der Waals surface area contributed by atoms with Gasteiger partial charge in [0.1, 0.15) is 5.75 Å². The fourth-order valence-corrected chi connectivity index (χ4v) is 4.54. The van der Waals surface area contributed by atoms with Gasteiger partial charge in [0.05, 0.1) is 17.4 Å². The lowest BCUT2D eigenvalue weighted by atomic mass is 9.78. The van der Waals surface area contributed by atoms with Crippen molar-refractivity contribution in [1.29, 1.82) is 0 Å². The van der Waals surface area contributed by atoms with Crippen LogP contribution in [0.25, 0.3) is 0 Å². The van der Waals surface area contributed by atoms with Gasteiger partial charge in [0.2, 0.25) is 0 Å². The molecule has 5 rings (SSSR count). The van der Waals surface area contributed by atoms with Crippen LogP contribution in [-0.4, -0.2) is 10.9 Å². The summed E-state index contributed by atoms with van der Waals surface area (Å²) in [6.45, 7) is 2.06. The molecule has 4 nitrogen and oxygen atoms in total. The van der Waals surface area contributed by atoms with Crippen molar-refractivity contribution in [3.05, 3.63) is 101 Å². The molecule has 0 spiro atoms. The first-order chi connectivity index (χ1) is 14.6. The average Bonchev–Trinajstić information content (AvgIpc) is 2.91. The summed E-state index contributed by atoms with van der Waals surface area (Å²) in [6.07, 6.45) is 1.28. The molecular formula is C26H24N2O2. The van der Waals surface area contributed by atoms with Crippen LogP contribution in [0.15, 0.2) is 84.1 Å². The van der Waals surface area contributed by atoms with Crippen LogP contribution in [0.2, 0.25) is 0 Å². The summed E-state index contributed by atoms with van der Waals surface area (Å²) >= 11 is 0. The summed E-state index contributed by atoms with van der Waals surface area (Å²) < 4.78 is 0. The van der Waals surface area contributed by atoms with E-state index in [1.807, 2.05) is 30.3 Å². The van der Waals surface area contributed by atoms with Crippen LogP contribution < -0.4 is 10.6 Å². The standard InChI is InChI=1S/C26H24N2O2/c1-16-7-12-21-22(13-16)28-26(18-8-10-20(29)11-9-18)25-23(27-21)14-19(15-24(25)30)17-5-3-2-4-6-17/h2-13,19,26-29H,14-15H2,1H3/t19-,26-/m1/s1. The number of hydrogen-bond donors (Lipinski definition) is 3. The molecule has 4 heteroatoms. The molecule has 0 radical (unpaired) electrons. The van der Waals surface area contributed by atoms with E-state index in [2.05, 4.69) is 47.9 Å². The number of aryl methyl sites for hydroxylation is 1. The summed E-state index contributed by atoms with van der Waals surface area (Å²) in [6, 6.07) is 23.4. The predicted octanol–water partition coefficient (Wildman–Crippen LogP) is 5.68. The number of phenolic OH excluding ortho intramolecular Hbond substituents is 1. The van der Waals surface area contributed by atoms with E-state index in [4.69, 9.17) is 0 Å². The van der Waals surface area contributed by atoms with Gasteiger partial charge in [0, 0.05) is 17.7 Å². The molecule has 2 atom stereocenters. The van der Waals surface area contributed by atoms with Gasteiger partial charge in [-0.15, -0.1) is 0 Å². The maximum atomic E-state index is 13.4. The first-order valence-corrected chi connectivity index (χ1v) is 10.3. The predicted molar refractivity (Wildman–Crippen MR) is 120 cm³/mol. The second-order valence-corrected chi connectivity index (χ2v) is 8.17. The first kappa shape index (κ1) is 18.5. The SMILES string of the molecule is Cc1ccc2c(c1)N[C@H](c1ccc(O)cc1)C1=C(C[C@@H](c3ccccc3)CC1=O)N2. The number of rotatable bonds is 2. The van der Waals surface area contributed by atoms with Crippen LogP contribution in [0.5, 0.6) is 5.75 Å². The van der Waals surface area contributed by atoms with E-state index < -0.39 is 0 Å². The molecule has 1 heterocycles. The lowest BCUT2D eigenvalue weighted by Crippen LogP contribution is -2.26. The van der Waals surface area contributed by atoms with Gasteiger partial charge in [-0.2, -0.15) is 0 Å². The van der Waals surface area contributed by atoms with Gasteiger partial charge in [-0.1, -0.05) is 48.5 Å². The van der Waals surface area contributed by atoms with Gasteiger partial charge in [0.15, 0.2) is 5.78 Å². The molecule has 3 aromatic carbocycles. The van der Waals surface area contributed by atoms with Crippen LogP contribution in [0.1, 0.15) is 41.5 Å². The largest absolute Gasteiger partial charge is 0.508 e. The van der Waals surface area contributed by atoms with Gasteiger partial charge >= 0.3 is 0 Å². The number of nitrogens with one attached hydrogen (secondary N) is 2. The van der Waals surface area contributed by atoms with Crippen LogP contribution in [0.3, 0.4) is 0 Å². The minimum Gasteiger partial charge on any atom is -0.508 e. The highest BCUT2D eigenvalue weighted by Crippen LogP contribution is 2.44. The van der Waals surface area contributed by atoms with E-state index in [-0.39, 0.29) is 23.5 Å². The normalized spacial score (nSPS) is 20.5. The molecule has 3 aromatic rings. The number of carbonyl (C=O) groups is 1. The van der Waals surface area contributed by atoms with Crippen molar-refractivity contribution in [3.63, 3.8) is 0 Å². The Bertz CT molecular complexity index is 1130. The lowest BCUT2D eigenvalue weighted by Gasteiger charge is -2.30. The minimum atomic E-state index is -0.264. The zero-order valence-electron chi connectivity index (χ0n) is 16.9. The third-order valence-electron chi connectivity index (χ3n) is 6.05. The van der Waals surface area contributed by atoms with Gasteiger partial charge in [-0.05, 0) is 60.2 Å². The van der Waals surface area contributed by atoms with Crippen molar-refractivity contribution in [1.82, 2.24) is 0 Å². The lowest BCUT2D eigenvalue weighted by molar-refractivity contribution is -0.116. The van der Waals surface area contributed by atoms with Gasteiger partial charge in [0.25, 0.3) is 0 Å². The Morgan fingerprint density at radius 1 is 0.867 bits per heavy atom. The molecule has 0 unspecified atom stereocenters. The zero-order valence-corrected chi connectivity index (χ0v) is 16.9. The monoisotopic (exact) mass is 396 g/mol. The smallest absolute Gasteiger partial charge is 0.163 e. The summed E-state index contributed by atoms with van der Waals surface area (Å²) in [5.74, 6) is 0.542. The Morgan fingerprint density at radius 3 is 2.40 bits per heavy atom. The fourth-order valence-electron chi connectivity index (χ4n) is 4.54. The van der Waals surface area contributed by atoms with E-state index in [0.717, 1.165) is 40.2 Å². The molecular weight excluding hydrogens is 372 g/mol. The molecule has 0 fully saturated rings. The van der Waals surface area contributed by atoms with Gasteiger partial charge < -0.3 is 15.7 Å². The number of phenols is 1. The molecule has 1 aliphatic heterocycles. The second-order valence-electron chi connectivity index (χ2n) is 8.17. The van der Waals surface area contributed by atoms with Crippen molar-refractivity contribution in [2.45, 2.75) is 31.7 Å². The fraction of sp³-hybridized carbons (Fsp3) is 0.192. The molecule has 1 aliphatic carbocycles. The number of hydrogen-bond acceptors (Lipinski definition) is 4. The van der Waals surface area contributed by atoms with E-state index in [9.17, 15) is 9.90 Å². The number of anilines is 2. The van der Waals surface area contributed by atoms with Gasteiger partial charge in [-0.25, -0.2) is 0 Å². The van der Waals surface area contributed by atoms with E-state index in [1.165, 1.54) is 5.56 Å². The molecule has 0 saturated heterocycles. The van der Waals surface area contributed by atoms with Crippen molar-refractivity contribution >= 4 is 17.2 Å². The minimum absolute atomic E-state index is 0.160. The van der Waals surface area contributed by atoms with Crippen molar-refractivity contribution < 1.29 is 9.90 Å². The zero-order chi connectivity index (χ0) is 20.7. The molecule has 0 bridgehead atoms. The Hall–Kier alpha value is -3.53. The highest BCUT2D eigenvalue weighted by atomic mass is 16.3. The Balaban J connectivity index is 1.62. The molecule has 3 N–H and O–H groups in total. The highest BCUT2D eigenvalue weighted by Gasteiger charge is 2.36. The summed E-state index contributed by atoms with van der Waals surface area (Å²) in [4.78, 5) is 13.4. The Kier molecular flexibility index (Phi) is 4.55. The average molecular weight is 396 g/mol. The molecule has 30 heavy (non-hydrogen) atoms. The molecule has 150 valence electrons. The summed E-state index contributed by atoms with van der Waals surface area (Å²) in [5, 5.41) is 16.9. The molecule has 0 aromatic heterocycles. The quantitative estimate of drug-likeness (QED) is 0.521. The first-order valence-electron chi connectivity index (χ1n) is 10.3. The molecule has 0 amide bonds. The maximum absolute atomic E-state index is 13.4. The maximum Gasteiger partial charge on any atom is 0.163 e. The van der Waals surface area contributed by atoms with Crippen molar-refractivity contribution in [2.75, 3.05) is 10.6 Å². The molecule has 0 saturated carbocycles. The highest BCUT2D eigenvalue weighted by molar-refractivity contribution is 6.01. The Morgan fingerprint density at radius 2 is 1.63 bits per heavy atom. The number of carbonyl (C=O) groups excluding carboxylic acids is 1. The third kappa shape index (κ3) is 3.35. The molecule has 2 aliphatic rings. The number of fused-ring (bicyclic) bond motifs is 1.